The molecule has 3 aromatic rings. The van der Waals surface area contributed by atoms with Gasteiger partial charge in [0.05, 0.1) is 20.8 Å². The molecule has 0 aliphatic rings. The summed E-state index contributed by atoms with van der Waals surface area (Å²) in [6, 6.07) is 8.71. The quantitative estimate of drug-likeness (QED) is 0.733. The van der Waals surface area contributed by atoms with Crippen molar-refractivity contribution in [2.24, 2.45) is 0 Å². The van der Waals surface area contributed by atoms with Gasteiger partial charge in [0, 0.05) is 6.54 Å². The van der Waals surface area contributed by atoms with Crippen molar-refractivity contribution in [2.45, 2.75) is 31.7 Å². The number of aromatic nitrogens is 1. The van der Waals surface area contributed by atoms with Crippen LogP contribution in [0.2, 0.25) is 0 Å². The monoisotopic (exact) mass is 380 g/mol. The molecule has 1 heterocycles. The average Bonchev–Trinajstić information content (AvgIpc) is 2.86. The first-order valence-electron chi connectivity index (χ1n) is 7.74. The Morgan fingerprint density at radius 3 is 2.64 bits per heavy atom. The number of halogens is 1. The Morgan fingerprint density at radius 2 is 1.96 bits per heavy atom. The van der Waals surface area contributed by atoms with Crippen LogP contribution in [0, 0.1) is 12.7 Å². The van der Waals surface area contributed by atoms with Crippen LogP contribution < -0.4 is 9.60 Å². The van der Waals surface area contributed by atoms with Crippen LogP contribution in [0.4, 0.5) is 10.1 Å². The summed E-state index contributed by atoms with van der Waals surface area (Å²) >= 11 is 1.01. The van der Waals surface area contributed by atoms with Gasteiger partial charge in [0.15, 0.2) is 0 Å². The molecule has 0 atom stereocenters. The lowest BCUT2D eigenvalue weighted by Gasteiger charge is -2.09. The molecular weight excluding hydrogens is 363 g/mol. The van der Waals surface area contributed by atoms with E-state index in [4.69, 9.17) is 0 Å². The van der Waals surface area contributed by atoms with Crippen molar-refractivity contribution >= 4 is 37.3 Å². The molecule has 0 saturated heterocycles. The molecule has 132 valence electrons. The van der Waals surface area contributed by atoms with Crippen LogP contribution >= 0.6 is 11.3 Å². The van der Waals surface area contributed by atoms with E-state index in [1.54, 1.807) is 17.6 Å². The molecule has 5 nitrogen and oxygen atoms in total. The van der Waals surface area contributed by atoms with Crippen molar-refractivity contribution in [3.05, 3.63) is 57.4 Å². The smallest absolute Gasteiger partial charge is 0.299 e. The molecule has 0 bridgehead atoms. The minimum absolute atomic E-state index is 0.0332. The Bertz CT molecular complexity index is 1100. The van der Waals surface area contributed by atoms with Gasteiger partial charge in [-0.05, 0) is 49.2 Å². The van der Waals surface area contributed by atoms with E-state index >= 15 is 0 Å². The summed E-state index contributed by atoms with van der Waals surface area (Å²) in [7, 11) is -3.87. The van der Waals surface area contributed by atoms with Crippen molar-refractivity contribution in [2.75, 3.05) is 4.72 Å². The minimum Gasteiger partial charge on any atom is -0.299 e. The summed E-state index contributed by atoms with van der Waals surface area (Å²) in [4.78, 5) is 11.9. The fraction of sp³-hybridized carbons (Fsp3) is 0.235. The number of hydrogen-bond acceptors (Lipinski definition) is 4. The highest BCUT2D eigenvalue weighted by Crippen LogP contribution is 2.24. The molecule has 25 heavy (non-hydrogen) atoms. The van der Waals surface area contributed by atoms with E-state index < -0.39 is 15.8 Å². The molecule has 0 unspecified atom stereocenters. The second-order valence-electron chi connectivity index (χ2n) is 5.72. The molecule has 0 aliphatic heterocycles. The maximum absolute atomic E-state index is 13.6. The zero-order valence-corrected chi connectivity index (χ0v) is 15.4. The maximum Gasteiger partial charge on any atom is 0.308 e. The normalized spacial score (nSPS) is 11.8. The molecule has 0 aliphatic carbocycles. The first-order chi connectivity index (χ1) is 11.8. The number of nitrogens with one attached hydrogen (secondary N) is 1. The molecule has 1 N–H and O–H groups in total. The second kappa shape index (κ2) is 6.61. The predicted molar refractivity (Wildman–Crippen MR) is 98.3 cm³/mol. The van der Waals surface area contributed by atoms with Gasteiger partial charge in [-0.1, -0.05) is 24.3 Å². The van der Waals surface area contributed by atoms with Gasteiger partial charge in [-0.2, -0.15) is 0 Å². The molecule has 0 amide bonds. The van der Waals surface area contributed by atoms with Gasteiger partial charge < -0.3 is 0 Å². The van der Waals surface area contributed by atoms with E-state index in [1.165, 1.54) is 24.3 Å². The van der Waals surface area contributed by atoms with Gasteiger partial charge in [0.25, 0.3) is 10.0 Å². The summed E-state index contributed by atoms with van der Waals surface area (Å²) < 4.78 is 43.3. The molecule has 8 heteroatoms. The Labute approximate surface area is 148 Å². The number of aryl methyl sites for hydroxylation is 2. The molecule has 0 radical (unpaired) electrons. The van der Waals surface area contributed by atoms with Gasteiger partial charge >= 0.3 is 4.87 Å². The summed E-state index contributed by atoms with van der Waals surface area (Å²) in [5, 5.41) is 0. The van der Waals surface area contributed by atoms with E-state index in [0.717, 1.165) is 29.3 Å². The van der Waals surface area contributed by atoms with Crippen molar-refractivity contribution < 1.29 is 12.8 Å². The lowest BCUT2D eigenvalue weighted by Crippen LogP contribution is -2.13. The Balaban J connectivity index is 1.99. The van der Waals surface area contributed by atoms with Crippen molar-refractivity contribution in [3.63, 3.8) is 0 Å². The van der Waals surface area contributed by atoms with E-state index in [2.05, 4.69) is 4.72 Å². The summed E-state index contributed by atoms with van der Waals surface area (Å²) in [5.41, 5.74) is 1.31. The maximum atomic E-state index is 13.6. The van der Waals surface area contributed by atoms with Gasteiger partial charge in [-0.15, -0.1) is 0 Å². The van der Waals surface area contributed by atoms with Crippen molar-refractivity contribution in [1.29, 1.82) is 0 Å². The third-order valence-electron chi connectivity index (χ3n) is 3.82. The summed E-state index contributed by atoms with van der Waals surface area (Å²) in [6.07, 6.45) is 0.812. The zero-order chi connectivity index (χ0) is 18.2. The molecule has 0 spiro atoms. The molecular formula is C17H17FN2O3S2. The molecule has 0 saturated carbocycles. The first kappa shape index (κ1) is 17.6. The van der Waals surface area contributed by atoms with Crippen LogP contribution in [-0.4, -0.2) is 13.0 Å². The van der Waals surface area contributed by atoms with Gasteiger partial charge in [-0.25, -0.2) is 12.8 Å². The fourth-order valence-corrected chi connectivity index (χ4v) is 4.63. The lowest BCUT2D eigenvalue weighted by molar-refractivity contribution is 0.601. The topological polar surface area (TPSA) is 68.2 Å². The number of thiazole rings is 1. The Morgan fingerprint density at radius 1 is 1.20 bits per heavy atom. The molecule has 2 aromatic carbocycles. The van der Waals surface area contributed by atoms with Crippen LogP contribution in [0.3, 0.4) is 0 Å². The summed E-state index contributed by atoms with van der Waals surface area (Å²) in [5.74, 6) is -0.481. The predicted octanol–water partition coefficient (Wildman–Crippen LogP) is 3.72. The van der Waals surface area contributed by atoms with Gasteiger partial charge in [0.1, 0.15) is 5.82 Å². The highest BCUT2D eigenvalue weighted by Gasteiger charge is 2.17. The Hall–Kier alpha value is -2.19. The average molecular weight is 380 g/mol. The SMILES string of the molecule is CCCn1c(=O)sc2cc(S(=O)(=O)Nc3ccc(C)c(F)c3)ccc21. The second-order valence-corrected chi connectivity index (χ2v) is 8.39. The number of nitrogens with zero attached hydrogens (tertiary/aromatic N) is 1. The van der Waals surface area contributed by atoms with Gasteiger partial charge in [-0.3, -0.25) is 14.1 Å². The van der Waals surface area contributed by atoms with Crippen LogP contribution in [-0.2, 0) is 16.6 Å². The highest BCUT2D eigenvalue weighted by atomic mass is 32.2. The zero-order valence-electron chi connectivity index (χ0n) is 13.7. The van der Waals surface area contributed by atoms with E-state index in [1.807, 2.05) is 6.92 Å². The lowest BCUT2D eigenvalue weighted by atomic mass is 10.2. The van der Waals surface area contributed by atoms with E-state index in [-0.39, 0.29) is 15.5 Å². The number of fused-ring (bicyclic) bond motifs is 1. The highest BCUT2D eigenvalue weighted by molar-refractivity contribution is 7.92. The van der Waals surface area contributed by atoms with E-state index in [9.17, 15) is 17.6 Å². The molecule has 1 aromatic heterocycles. The first-order valence-corrected chi connectivity index (χ1v) is 10.0. The minimum atomic E-state index is -3.87. The third-order valence-corrected chi connectivity index (χ3v) is 6.14. The summed E-state index contributed by atoms with van der Waals surface area (Å²) in [6.45, 7) is 4.16. The Kier molecular flexibility index (Phi) is 4.66. The van der Waals surface area contributed by atoms with Crippen LogP contribution in [0.5, 0.6) is 0 Å². The largest absolute Gasteiger partial charge is 0.308 e. The number of hydrogen-bond donors (Lipinski definition) is 1. The molecule has 0 fully saturated rings. The number of rotatable bonds is 5. The van der Waals surface area contributed by atoms with Crippen molar-refractivity contribution in [3.8, 4) is 0 Å². The number of benzene rings is 2. The third kappa shape index (κ3) is 3.45. The van der Waals surface area contributed by atoms with Crippen molar-refractivity contribution in [1.82, 2.24) is 4.57 Å². The number of sulfonamides is 1. The van der Waals surface area contributed by atoms with Crippen LogP contribution in [0.1, 0.15) is 18.9 Å². The van der Waals surface area contributed by atoms with Gasteiger partial charge in [0.2, 0.25) is 0 Å². The van der Waals surface area contributed by atoms with Crippen LogP contribution in [0.15, 0.2) is 46.1 Å². The van der Waals surface area contributed by atoms with E-state index in [0.29, 0.717) is 16.8 Å². The molecule has 3 rings (SSSR count). The standard InChI is InChI=1S/C17H17FN2O3S2/c1-3-8-20-15-7-6-13(10-16(15)24-17(20)21)25(22,23)19-12-5-4-11(2)14(18)9-12/h4-7,9-10,19H,3,8H2,1-2H3. The number of anilines is 1. The fourth-order valence-electron chi connectivity index (χ4n) is 2.52. The van der Waals surface area contributed by atoms with Crippen LogP contribution in [0.25, 0.3) is 10.2 Å².